The molecule has 0 spiro atoms. The molecule has 0 fully saturated rings. The Morgan fingerprint density at radius 1 is 1.33 bits per heavy atom. The molecule has 0 aliphatic heterocycles. The molecule has 0 bridgehead atoms. The maximum Gasteiger partial charge on any atom is 0.165 e. The number of nitrogens with two attached hydrogens (primary N) is 1. The maximum atomic E-state index is 8.75. The summed E-state index contributed by atoms with van der Waals surface area (Å²) in [5.74, 6) is 1.13. The number of methoxy groups -OCH3 is 2. The first-order valence-corrected chi connectivity index (χ1v) is 4.11. The standard InChI is InChI=1S/C10H12N2O2.ClH/c1-13-9-4-7(5-11)3-8(6-12)10(9)14-2;/h3-4H,6,12H2,1-2H3;1H. The fraction of sp³-hybridized carbons (Fsp3) is 0.300. The average Bonchev–Trinajstić information content (AvgIpc) is 2.26. The van der Waals surface area contributed by atoms with Gasteiger partial charge in [0.1, 0.15) is 0 Å². The van der Waals surface area contributed by atoms with Crippen molar-refractivity contribution in [2.75, 3.05) is 14.2 Å². The minimum atomic E-state index is 0. The molecular weight excluding hydrogens is 216 g/mol. The Hall–Kier alpha value is -1.44. The monoisotopic (exact) mass is 228 g/mol. The van der Waals surface area contributed by atoms with Crippen LogP contribution in [0, 0.1) is 11.3 Å². The van der Waals surface area contributed by atoms with Gasteiger partial charge in [0.25, 0.3) is 0 Å². The molecule has 1 aromatic rings. The van der Waals surface area contributed by atoms with Crippen molar-refractivity contribution in [2.45, 2.75) is 6.54 Å². The predicted molar refractivity (Wildman–Crippen MR) is 59.4 cm³/mol. The molecule has 0 heterocycles. The summed E-state index contributed by atoms with van der Waals surface area (Å²) in [6.07, 6.45) is 0. The molecule has 82 valence electrons. The van der Waals surface area contributed by atoms with E-state index in [0.29, 0.717) is 23.6 Å². The Kier molecular flexibility index (Phi) is 5.53. The van der Waals surface area contributed by atoms with Crippen molar-refractivity contribution < 1.29 is 9.47 Å². The largest absolute Gasteiger partial charge is 0.493 e. The first kappa shape index (κ1) is 13.6. The van der Waals surface area contributed by atoms with Crippen molar-refractivity contribution in [2.24, 2.45) is 5.73 Å². The number of hydrogen-bond acceptors (Lipinski definition) is 4. The number of nitriles is 1. The second-order valence-electron chi connectivity index (χ2n) is 2.69. The van der Waals surface area contributed by atoms with Crippen LogP contribution in [-0.4, -0.2) is 14.2 Å². The number of nitrogens with zero attached hydrogens (tertiary/aromatic N) is 1. The summed E-state index contributed by atoms with van der Waals surface area (Å²) in [7, 11) is 3.07. The van der Waals surface area contributed by atoms with Crippen LogP contribution in [0.4, 0.5) is 0 Å². The van der Waals surface area contributed by atoms with Crippen LogP contribution in [0.3, 0.4) is 0 Å². The molecule has 0 aliphatic carbocycles. The topological polar surface area (TPSA) is 68.3 Å². The van der Waals surface area contributed by atoms with Crippen molar-refractivity contribution in [3.63, 3.8) is 0 Å². The Morgan fingerprint density at radius 2 is 2.00 bits per heavy atom. The van der Waals surface area contributed by atoms with Gasteiger partial charge >= 0.3 is 0 Å². The van der Waals surface area contributed by atoms with Crippen molar-refractivity contribution >= 4 is 12.4 Å². The van der Waals surface area contributed by atoms with E-state index in [0.717, 1.165) is 5.56 Å². The Morgan fingerprint density at radius 3 is 2.40 bits per heavy atom. The van der Waals surface area contributed by atoms with E-state index in [1.165, 1.54) is 7.11 Å². The van der Waals surface area contributed by atoms with E-state index in [1.807, 2.05) is 6.07 Å². The van der Waals surface area contributed by atoms with Crippen LogP contribution >= 0.6 is 12.4 Å². The van der Waals surface area contributed by atoms with Crippen LogP contribution in [0.5, 0.6) is 11.5 Å². The summed E-state index contributed by atoms with van der Waals surface area (Å²) in [5.41, 5.74) is 6.81. The minimum Gasteiger partial charge on any atom is -0.493 e. The molecular formula is C10H13ClN2O2. The maximum absolute atomic E-state index is 8.75. The smallest absolute Gasteiger partial charge is 0.165 e. The van der Waals surface area contributed by atoms with Gasteiger partial charge in [0, 0.05) is 18.2 Å². The number of rotatable bonds is 3. The lowest BCUT2D eigenvalue weighted by molar-refractivity contribution is 0.351. The molecule has 0 aromatic heterocycles. The van der Waals surface area contributed by atoms with Gasteiger partial charge in [0.05, 0.1) is 25.9 Å². The Labute approximate surface area is 95.0 Å². The van der Waals surface area contributed by atoms with Gasteiger partial charge in [-0.1, -0.05) is 0 Å². The second-order valence-corrected chi connectivity index (χ2v) is 2.69. The molecule has 1 rings (SSSR count). The molecule has 0 saturated heterocycles. The summed E-state index contributed by atoms with van der Waals surface area (Å²) < 4.78 is 10.2. The first-order valence-electron chi connectivity index (χ1n) is 4.11. The molecule has 2 N–H and O–H groups in total. The van der Waals surface area contributed by atoms with Crippen molar-refractivity contribution in [3.8, 4) is 17.6 Å². The zero-order valence-corrected chi connectivity index (χ0v) is 9.43. The minimum absolute atomic E-state index is 0. The number of ether oxygens (including phenoxy) is 2. The second kappa shape index (κ2) is 6.12. The molecule has 0 aliphatic rings. The molecule has 1 aromatic carbocycles. The summed E-state index contributed by atoms with van der Waals surface area (Å²) in [5, 5.41) is 8.75. The quantitative estimate of drug-likeness (QED) is 0.851. The number of benzene rings is 1. The van der Waals surface area contributed by atoms with E-state index >= 15 is 0 Å². The van der Waals surface area contributed by atoms with E-state index in [2.05, 4.69) is 0 Å². The average molecular weight is 229 g/mol. The van der Waals surface area contributed by atoms with Gasteiger partial charge in [0.15, 0.2) is 11.5 Å². The highest BCUT2D eigenvalue weighted by atomic mass is 35.5. The first-order chi connectivity index (χ1) is 6.76. The third-order valence-electron chi connectivity index (χ3n) is 1.90. The lowest BCUT2D eigenvalue weighted by atomic mass is 10.1. The fourth-order valence-corrected chi connectivity index (χ4v) is 1.26. The molecule has 5 heteroatoms. The Bertz CT molecular complexity index is 349. The van der Waals surface area contributed by atoms with E-state index < -0.39 is 0 Å². The molecule has 0 unspecified atom stereocenters. The van der Waals surface area contributed by atoms with E-state index in [4.69, 9.17) is 20.5 Å². The van der Waals surface area contributed by atoms with Gasteiger partial charge in [-0.2, -0.15) is 5.26 Å². The van der Waals surface area contributed by atoms with E-state index in [-0.39, 0.29) is 12.4 Å². The number of halogens is 1. The molecule has 0 radical (unpaired) electrons. The number of hydrogen-bond donors (Lipinski definition) is 1. The normalized spacial score (nSPS) is 8.67. The third kappa shape index (κ3) is 2.75. The van der Waals surface area contributed by atoms with Crippen LogP contribution in [0.1, 0.15) is 11.1 Å². The summed E-state index contributed by atoms with van der Waals surface area (Å²) in [6.45, 7) is 0.315. The van der Waals surface area contributed by atoms with Crippen LogP contribution in [0.25, 0.3) is 0 Å². The van der Waals surface area contributed by atoms with Crippen LogP contribution in [0.2, 0.25) is 0 Å². The van der Waals surface area contributed by atoms with Gasteiger partial charge in [-0.05, 0) is 6.07 Å². The lowest BCUT2D eigenvalue weighted by Gasteiger charge is -2.11. The SMILES string of the molecule is COc1cc(C#N)cc(CN)c1OC.Cl. The summed E-state index contributed by atoms with van der Waals surface area (Å²) in [4.78, 5) is 0. The van der Waals surface area contributed by atoms with E-state index in [1.54, 1.807) is 19.2 Å². The zero-order valence-electron chi connectivity index (χ0n) is 8.61. The fourth-order valence-electron chi connectivity index (χ4n) is 1.26. The van der Waals surface area contributed by atoms with Gasteiger partial charge in [-0.3, -0.25) is 0 Å². The van der Waals surface area contributed by atoms with Crippen molar-refractivity contribution in [3.05, 3.63) is 23.3 Å². The summed E-state index contributed by atoms with van der Waals surface area (Å²) in [6, 6.07) is 5.36. The van der Waals surface area contributed by atoms with Gasteiger partial charge in [-0.15, -0.1) is 12.4 Å². The molecule has 4 nitrogen and oxygen atoms in total. The predicted octanol–water partition coefficient (Wildman–Crippen LogP) is 1.46. The zero-order chi connectivity index (χ0) is 10.6. The van der Waals surface area contributed by atoms with Crippen LogP contribution in [-0.2, 0) is 6.54 Å². The lowest BCUT2D eigenvalue weighted by Crippen LogP contribution is -2.02. The third-order valence-corrected chi connectivity index (χ3v) is 1.90. The summed E-state index contributed by atoms with van der Waals surface area (Å²) >= 11 is 0. The van der Waals surface area contributed by atoms with E-state index in [9.17, 15) is 0 Å². The Balaban J connectivity index is 0.00000196. The van der Waals surface area contributed by atoms with Crippen molar-refractivity contribution in [1.82, 2.24) is 0 Å². The van der Waals surface area contributed by atoms with Crippen molar-refractivity contribution in [1.29, 1.82) is 5.26 Å². The van der Waals surface area contributed by atoms with Gasteiger partial charge in [-0.25, -0.2) is 0 Å². The van der Waals surface area contributed by atoms with Gasteiger partial charge in [0.2, 0.25) is 0 Å². The molecule has 0 saturated carbocycles. The van der Waals surface area contributed by atoms with Crippen LogP contribution < -0.4 is 15.2 Å². The van der Waals surface area contributed by atoms with Gasteiger partial charge < -0.3 is 15.2 Å². The van der Waals surface area contributed by atoms with Crippen LogP contribution in [0.15, 0.2) is 12.1 Å². The molecule has 0 amide bonds. The molecule has 15 heavy (non-hydrogen) atoms. The highest BCUT2D eigenvalue weighted by Gasteiger charge is 2.10. The molecule has 0 atom stereocenters. The highest BCUT2D eigenvalue weighted by molar-refractivity contribution is 5.85. The highest BCUT2D eigenvalue weighted by Crippen LogP contribution is 2.31.